The summed E-state index contributed by atoms with van der Waals surface area (Å²) in [5.74, 6) is -9.11. The van der Waals surface area contributed by atoms with Crippen molar-refractivity contribution < 1.29 is 52.7 Å². The van der Waals surface area contributed by atoms with Crippen molar-refractivity contribution in [2.24, 2.45) is 68.6 Å². The Morgan fingerprint density at radius 3 is 0.900 bits per heavy atom. The molecule has 2 aromatic carbocycles. The average molecular weight is 1420 g/mol. The zero-order chi connectivity index (χ0) is 74.7. The van der Waals surface area contributed by atoms with E-state index in [1.165, 1.54) is 0 Å². The fourth-order valence-electron chi connectivity index (χ4n) is 10.9. The number of nitrogens with zero attached hydrogens (tertiary/aromatic N) is 1. The molecular formula is C69H119N19O11S. The largest absolute Gasteiger partial charge is 0.370 e. The Kier molecular flexibility index (Phi) is 43.7. The van der Waals surface area contributed by atoms with Gasteiger partial charge in [-0.3, -0.25) is 57.7 Å². The van der Waals surface area contributed by atoms with E-state index >= 15 is 0 Å². The first kappa shape index (κ1) is 88.1. The molecule has 0 heterocycles. The highest BCUT2D eigenvalue weighted by Crippen LogP contribution is 2.16. The number of nitrogens with two attached hydrogens (primary N) is 8. The lowest BCUT2D eigenvalue weighted by molar-refractivity contribution is -0.136. The van der Waals surface area contributed by atoms with Crippen LogP contribution in [0.25, 0.3) is 0 Å². The fourth-order valence-corrected chi connectivity index (χ4v) is 11.1. The van der Waals surface area contributed by atoms with Crippen molar-refractivity contribution in [3.05, 3.63) is 71.8 Å². The van der Waals surface area contributed by atoms with Crippen LogP contribution in [-0.2, 0) is 65.6 Å². The van der Waals surface area contributed by atoms with Crippen molar-refractivity contribution >= 4 is 83.6 Å². The highest BCUT2D eigenvalue weighted by atomic mass is 32.1. The summed E-state index contributed by atoms with van der Waals surface area (Å²) < 4.78 is 0. The summed E-state index contributed by atoms with van der Waals surface area (Å²) in [5, 5.41) is 27.5. The number of amides is 11. The van der Waals surface area contributed by atoms with Crippen LogP contribution in [-0.4, -0.2) is 176 Å². The standard InChI is InChI=1S/C69H119N19O11S/c1-42(2)36-54(85-63(94)52(30-21-35-78-69(76)77)81-60(91)48(26-13-17-31-70)79-59(90)47(74)39-45-22-9-7-10-23-45)65(96)83-51(29-16-20-34-73)64(95)88-57(41-100)68(99)87-56(38-44(5)6)67(98)86-55(37-43(3)4)66(97)82-49(27-14-18-32-71)61(92)80-50(28-15-19-33-72)62(93)84-53(58(75)89)40-46-24-11-8-12-25-46/h7-12,22-25,42-44,47-57,100H,13-21,26-41,70-74H2,1-6H3,(H2,75,89)(H,79,90)(H,80,92)(H,81,91)(H,82,97)(H,83,96)(H,84,93)(H,85,94)(H,86,98)(H,87,99)(H,88,95)(H4,76,77,78)/t47-,48-,49-,50-,51-,52-,53-,54-,55-,56-,57-/m0/s1. The molecule has 26 N–H and O–H groups in total. The number of benzene rings is 2. The van der Waals surface area contributed by atoms with Crippen LogP contribution in [0.5, 0.6) is 0 Å². The second-order valence-electron chi connectivity index (χ2n) is 26.7. The average Bonchev–Trinajstić information content (AvgIpc) is 0.873. The van der Waals surface area contributed by atoms with Gasteiger partial charge >= 0.3 is 0 Å². The summed E-state index contributed by atoms with van der Waals surface area (Å²) in [6.07, 6.45) is 4.77. The molecule has 0 aliphatic heterocycles. The molecule has 11 amide bonds. The van der Waals surface area contributed by atoms with Gasteiger partial charge in [0, 0.05) is 18.7 Å². The number of hydrogen-bond acceptors (Lipinski definition) is 18. The Labute approximate surface area is 595 Å². The quantitative estimate of drug-likeness (QED) is 0.0160. The van der Waals surface area contributed by atoms with Crippen LogP contribution in [0.3, 0.4) is 0 Å². The molecule has 2 rings (SSSR count). The second kappa shape index (κ2) is 49.5. The molecule has 2 aromatic rings. The predicted octanol–water partition coefficient (Wildman–Crippen LogP) is -1.23. The Morgan fingerprint density at radius 2 is 0.610 bits per heavy atom. The smallest absolute Gasteiger partial charge is 0.244 e. The van der Waals surface area contributed by atoms with Crippen LogP contribution < -0.4 is 99.0 Å². The third kappa shape index (κ3) is 35.9. The van der Waals surface area contributed by atoms with Crippen LogP contribution in [0.2, 0.25) is 0 Å². The Bertz CT molecular complexity index is 2860. The van der Waals surface area contributed by atoms with E-state index in [2.05, 4.69) is 70.8 Å². The van der Waals surface area contributed by atoms with Gasteiger partial charge in [-0.2, -0.15) is 12.6 Å². The summed E-state index contributed by atoms with van der Waals surface area (Å²) in [6.45, 7) is 12.2. The zero-order valence-electron chi connectivity index (χ0n) is 59.5. The van der Waals surface area contributed by atoms with E-state index in [9.17, 15) is 52.7 Å². The maximum absolute atomic E-state index is 14.5. The molecule has 11 atom stereocenters. The summed E-state index contributed by atoms with van der Waals surface area (Å²) >= 11 is 4.41. The molecule has 0 unspecified atom stereocenters. The maximum Gasteiger partial charge on any atom is 0.244 e. The number of primary amides is 1. The normalized spacial score (nSPS) is 14.6. The number of unbranched alkanes of at least 4 members (excludes halogenated alkanes) is 4. The molecule has 30 nitrogen and oxygen atoms in total. The minimum absolute atomic E-state index is 0.0102. The minimum atomic E-state index is -1.39. The van der Waals surface area contributed by atoms with Gasteiger partial charge in [0.15, 0.2) is 5.96 Å². The number of nitrogens with one attached hydrogen (secondary N) is 10. The van der Waals surface area contributed by atoms with Crippen molar-refractivity contribution in [3.8, 4) is 0 Å². The van der Waals surface area contributed by atoms with Gasteiger partial charge in [0.05, 0.1) is 6.04 Å². The number of carbonyl (C=O) groups excluding carboxylic acids is 11. The minimum Gasteiger partial charge on any atom is -0.370 e. The van der Waals surface area contributed by atoms with Crippen molar-refractivity contribution in [2.75, 3.05) is 38.5 Å². The molecule has 31 heteroatoms. The highest BCUT2D eigenvalue weighted by Gasteiger charge is 2.37. The van der Waals surface area contributed by atoms with Crippen molar-refractivity contribution in [2.45, 2.75) is 230 Å². The highest BCUT2D eigenvalue weighted by molar-refractivity contribution is 7.80. The van der Waals surface area contributed by atoms with Crippen molar-refractivity contribution in [1.29, 1.82) is 0 Å². The van der Waals surface area contributed by atoms with Crippen molar-refractivity contribution in [3.63, 3.8) is 0 Å². The molecule has 0 bridgehead atoms. The van der Waals surface area contributed by atoms with Crippen LogP contribution in [0.15, 0.2) is 65.7 Å². The number of rotatable bonds is 52. The van der Waals surface area contributed by atoms with Crippen LogP contribution in [0.1, 0.15) is 162 Å². The summed E-state index contributed by atoms with van der Waals surface area (Å²) in [7, 11) is 0. The summed E-state index contributed by atoms with van der Waals surface area (Å²) in [6, 6.07) is 4.66. The van der Waals surface area contributed by atoms with E-state index < -0.39 is 131 Å². The van der Waals surface area contributed by atoms with Gasteiger partial charge in [-0.1, -0.05) is 102 Å². The van der Waals surface area contributed by atoms with Gasteiger partial charge in [0.25, 0.3) is 0 Å². The van der Waals surface area contributed by atoms with Gasteiger partial charge in [0.2, 0.25) is 65.0 Å². The molecule has 0 aliphatic carbocycles. The third-order valence-electron chi connectivity index (χ3n) is 16.3. The SMILES string of the molecule is CC(C)C[C@H](NC(=O)[C@H](CC(C)C)NC(=O)[C@H](CS)NC(=O)[C@H](CCCCN)NC(=O)[C@H](CC(C)C)NC(=O)[C@H](CCCN=C(N)N)NC(=O)[C@H](CCCCN)NC(=O)[C@@H](N)Cc1ccccc1)C(=O)N[C@@H](CCCCN)C(=O)N[C@@H](CCCCN)C(=O)N[C@@H](Cc1ccccc1)C(N)=O. The molecule has 0 spiro atoms. The lowest BCUT2D eigenvalue weighted by Crippen LogP contribution is -2.61. The van der Waals surface area contributed by atoms with Gasteiger partial charge < -0.3 is 99.0 Å². The van der Waals surface area contributed by atoms with E-state index in [0.717, 1.165) is 11.1 Å². The van der Waals surface area contributed by atoms with Crippen LogP contribution in [0.4, 0.5) is 0 Å². The predicted molar refractivity (Wildman–Crippen MR) is 391 cm³/mol. The molecule has 0 aromatic heterocycles. The first-order valence-corrected chi connectivity index (χ1v) is 35.8. The van der Waals surface area contributed by atoms with E-state index in [0.29, 0.717) is 64.5 Å². The van der Waals surface area contributed by atoms with E-state index in [-0.39, 0.29) is 120 Å². The van der Waals surface area contributed by atoms with Gasteiger partial charge in [-0.05, 0) is 171 Å². The topological polar surface area (TPSA) is 529 Å². The number of guanidine groups is 1. The summed E-state index contributed by atoms with van der Waals surface area (Å²) in [4.78, 5) is 159. The number of aliphatic imine (C=N–C) groups is 1. The lowest BCUT2D eigenvalue weighted by Gasteiger charge is -2.29. The van der Waals surface area contributed by atoms with E-state index in [1.54, 1.807) is 24.3 Å². The Hall–Kier alpha value is -7.97. The Balaban J connectivity index is 2.44. The zero-order valence-corrected chi connectivity index (χ0v) is 60.4. The Morgan fingerprint density at radius 1 is 0.350 bits per heavy atom. The van der Waals surface area contributed by atoms with Gasteiger partial charge in [-0.25, -0.2) is 0 Å². The third-order valence-corrected chi connectivity index (χ3v) is 16.7. The van der Waals surface area contributed by atoms with E-state index in [1.807, 2.05) is 77.9 Å². The monoisotopic (exact) mass is 1420 g/mol. The van der Waals surface area contributed by atoms with Gasteiger partial charge in [-0.15, -0.1) is 0 Å². The number of carbonyl (C=O) groups is 11. The van der Waals surface area contributed by atoms with E-state index in [4.69, 9.17) is 45.9 Å². The molecule has 0 aliphatic rings. The second-order valence-corrected chi connectivity index (χ2v) is 27.0. The lowest BCUT2D eigenvalue weighted by atomic mass is 9.99. The molecule has 0 saturated heterocycles. The molecule has 562 valence electrons. The first-order valence-electron chi connectivity index (χ1n) is 35.2. The van der Waals surface area contributed by atoms with Crippen LogP contribution >= 0.6 is 12.6 Å². The van der Waals surface area contributed by atoms with Gasteiger partial charge in [0.1, 0.15) is 60.4 Å². The molecule has 0 saturated carbocycles. The number of thiol groups is 1. The molecule has 0 fully saturated rings. The summed E-state index contributed by atoms with van der Waals surface area (Å²) in [5.41, 5.74) is 48.0. The first-order chi connectivity index (χ1) is 47.6. The number of hydrogen-bond donors (Lipinski definition) is 19. The molecule has 0 radical (unpaired) electrons. The van der Waals surface area contributed by atoms with Crippen molar-refractivity contribution in [1.82, 2.24) is 53.2 Å². The molecular weight excluding hydrogens is 1300 g/mol. The fraction of sp³-hybridized carbons (Fsp3) is 0.652. The maximum atomic E-state index is 14.5. The van der Waals surface area contributed by atoms with Crippen LogP contribution in [0, 0.1) is 17.8 Å². The molecule has 100 heavy (non-hydrogen) atoms.